The zero-order valence-electron chi connectivity index (χ0n) is 12.2. The highest BCUT2D eigenvalue weighted by molar-refractivity contribution is 5.56. The molecule has 1 aromatic rings. The van der Waals surface area contributed by atoms with E-state index < -0.39 is 0 Å². The number of rotatable bonds is 9. The minimum Gasteiger partial charge on any atom is -0.391 e. The van der Waals surface area contributed by atoms with Gasteiger partial charge in [-0.2, -0.15) is 0 Å². The second-order valence-corrected chi connectivity index (χ2v) is 5.01. The summed E-state index contributed by atoms with van der Waals surface area (Å²) in [6, 6.07) is 10.0. The summed E-state index contributed by atoms with van der Waals surface area (Å²) in [6.07, 6.45) is 4.01. The summed E-state index contributed by atoms with van der Waals surface area (Å²) in [4.78, 5) is 5.21. The number of oxime groups is 1. The smallest absolute Gasteiger partial charge is 0.142 e. The van der Waals surface area contributed by atoms with E-state index in [1.807, 2.05) is 36.5 Å². The summed E-state index contributed by atoms with van der Waals surface area (Å²) in [5.41, 5.74) is 1.13. The average molecular weight is 263 g/mol. The highest BCUT2D eigenvalue weighted by Gasteiger charge is 2.05. The van der Waals surface area contributed by atoms with Gasteiger partial charge >= 0.3 is 0 Å². The molecule has 3 nitrogen and oxygen atoms in total. The second kappa shape index (κ2) is 9.56. The van der Waals surface area contributed by atoms with Crippen molar-refractivity contribution in [1.82, 2.24) is 0 Å². The highest BCUT2D eigenvalue weighted by Crippen LogP contribution is 2.05. The van der Waals surface area contributed by atoms with E-state index in [0.29, 0.717) is 18.6 Å². The minimum atomic E-state index is 0.325. The van der Waals surface area contributed by atoms with Gasteiger partial charge in [0.15, 0.2) is 0 Å². The van der Waals surface area contributed by atoms with Crippen LogP contribution in [-0.4, -0.2) is 18.9 Å². The Morgan fingerprint density at radius 3 is 2.58 bits per heavy atom. The van der Waals surface area contributed by atoms with Crippen LogP contribution in [0.3, 0.4) is 0 Å². The summed E-state index contributed by atoms with van der Waals surface area (Å²) in [7, 11) is 0. The van der Waals surface area contributed by atoms with Gasteiger partial charge in [-0.3, -0.25) is 0 Å². The van der Waals surface area contributed by atoms with Gasteiger partial charge in [-0.1, -0.05) is 49.3 Å². The molecule has 106 valence electrons. The van der Waals surface area contributed by atoms with Gasteiger partial charge in [-0.25, -0.2) is 0 Å². The molecule has 1 atom stereocenters. The zero-order valence-corrected chi connectivity index (χ0v) is 12.2. The van der Waals surface area contributed by atoms with Crippen molar-refractivity contribution in [3.63, 3.8) is 0 Å². The van der Waals surface area contributed by atoms with Gasteiger partial charge in [0.2, 0.25) is 0 Å². The van der Waals surface area contributed by atoms with Crippen LogP contribution in [0, 0.1) is 5.92 Å². The zero-order chi connectivity index (χ0) is 13.9. The molecule has 0 aliphatic carbocycles. The molecule has 1 rings (SSSR count). The lowest BCUT2D eigenvalue weighted by Crippen LogP contribution is -2.15. The van der Waals surface area contributed by atoms with Gasteiger partial charge in [-0.05, 0) is 31.2 Å². The second-order valence-electron chi connectivity index (χ2n) is 5.01. The number of hydrogen-bond acceptors (Lipinski definition) is 3. The summed E-state index contributed by atoms with van der Waals surface area (Å²) in [5, 5.41) is 3.94. The Morgan fingerprint density at radius 1 is 1.16 bits per heavy atom. The van der Waals surface area contributed by atoms with Crippen LogP contribution in [0.25, 0.3) is 0 Å². The maximum absolute atomic E-state index is 5.68. The highest BCUT2D eigenvalue weighted by atomic mass is 16.6. The number of nitrogens with zero attached hydrogens (tertiary/aromatic N) is 1. The lowest BCUT2D eigenvalue weighted by atomic mass is 10.1. The van der Waals surface area contributed by atoms with Crippen LogP contribution in [0.2, 0.25) is 0 Å². The first-order valence-corrected chi connectivity index (χ1v) is 6.99. The first-order chi connectivity index (χ1) is 9.20. The molecule has 0 saturated heterocycles. The first kappa shape index (κ1) is 15.7. The monoisotopic (exact) mass is 263 g/mol. The van der Waals surface area contributed by atoms with E-state index in [1.165, 1.54) is 0 Å². The molecule has 0 fully saturated rings. The van der Waals surface area contributed by atoms with Crippen molar-refractivity contribution in [2.24, 2.45) is 11.1 Å². The molecular weight excluding hydrogens is 238 g/mol. The molecule has 0 unspecified atom stereocenters. The fourth-order valence-electron chi connectivity index (χ4n) is 1.43. The largest absolute Gasteiger partial charge is 0.391 e. The summed E-state index contributed by atoms with van der Waals surface area (Å²) in [5.74, 6) is 0.572. The molecule has 0 saturated carbocycles. The fourth-order valence-corrected chi connectivity index (χ4v) is 1.43. The predicted molar refractivity (Wildman–Crippen MR) is 79.2 cm³/mol. The van der Waals surface area contributed by atoms with Crippen LogP contribution in [0.15, 0.2) is 35.5 Å². The van der Waals surface area contributed by atoms with Gasteiger partial charge < -0.3 is 9.57 Å². The number of benzene rings is 1. The molecule has 0 radical (unpaired) electrons. The SMILES string of the molecule is CC(C)[C@@H](C)OCCC/C=N/OCc1ccccc1. The maximum Gasteiger partial charge on any atom is 0.142 e. The molecule has 0 amide bonds. The van der Waals surface area contributed by atoms with Crippen LogP contribution in [-0.2, 0) is 16.2 Å². The van der Waals surface area contributed by atoms with Gasteiger partial charge in [0, 0.05) is 12.8 Å². The Kier molecular flexibility index (Phi) is 7.91. The molecule has 1 aromatic carbocycles. The molecule has 0 spiro atoms. The van der Waals surface area contributed by atoms with E-state index in [2.05, 4.69) is 25.9 Å². The maximum atomic E-state index is 5.68. The van der Waals surface area contributed by atoms with E-state index in [1.54, 1.807) is 0 Å². The van der Waals surface area contributed by atoms with E-state index in [9.17, 15) is 0 Å². The van der Waals surface area contributed by atoms with Crippen molar-refractivity contribution in [1.29, 1.82) is 0 Å². The van der Waals surface area contributed by atoms with Crippen molar-refractivity contribution >= 4 is 6.21 Å². The van der Waals surface area contributed by atoms with Gasteiger partial charge in [0.25, 0.3) is 0 Å². The van der Waals surface area contributed by atoms with Crippen molar-refractivity contribution < 1.29 is 9.57 Å². The van der Waals surface area contributed by atoms with Crippen molar-refractivity contribution in [2.75, 3.05) is 6.61 Å². The number of unbranched alkanes of at least 4 members (excludes halogenated alkanes) is 1. The van der Waals surface area contributed by atoms with Crippen LogP contribution >= 0.6 is 0 Å². The molecular formula is C16H25NO2. The van der Waals surface area contributed by atoms with Gasteiger partial charge in [0.1, 0.15) is 6.61 Å². The van der Waals surface area contributed by atoms with E-state index in [-0.39, 0.29) is 0 Å². The minimum absolute atomic E-state index is 0.325. The van der Waals surface area contributed by atoms with E-state index >= 15 is 0 Å². The quantitative estimate of drug-likeness (QED) is 0.382. The summed E-state index contributed by atoms with van der Waals surface area (Å²) >= 11 is 0. The van der Waals surface area contributed by atoms with Crippen molar-refractivity contribution in [2.45, 2.75) is 46.3 Å². The van der Waals surface area contributed by atoms with Crippen LogP contribution in [0.1, 0.15) is 39.2 Å². The third kappa shape index (κ3) is 7.62. The molecule has 3 heteroatoms. The summed E-state index contributed by atoms with van der Waals surface area (Å²) in [6.45, 7) is 7.76. The standard InChI is InChI=1S/C16H25NO2/c1-14(2)15(3)18-12-8-7-11-17-19-13-16-9-5-4-6-10-16/h4-6,9-11,14-15H,7-8,12-13H2,1-3H3/b17-11+/t15-/m1/s1. The fraction of sp³-hybridized carbons (Fsp3) is 0.562. The van der Waals surface area contributed by atoms with Crippen LogP contribution in [0.5, 0.6) is 0 Å². The molecule has 19 heavy (non-hydrogen) atoms. The number of ether oxygens (including phenoxy) is 1. The Bertz CT molecular complexity index is 349. The molecule has 0 bridgehead atoms. The Morgan fingerprint density at radius 2 is 1.89 bits per heavy atom. The van der Waals surface area contributed by atoms with Crippen molar-refractivity contribution in [3.8, 4) is 0 Å². The summed E-state index contributed by atoms with van der Waals surface area (Å²) < 4.78 is 5.68. The topological polar surface area (TPSA) is 30.8 Å². The first-order valence-electron chi connectivity index (χ1n) is 6.99. The lowest BCUT2D eigenvalue weighted by molar-refractivity contribution is 0.0348. The van der Waals surface area contributed by atoms with Crippen LogP contribution in [0.4, 0.5) is 0 Å². The Balaban J connectivity index is 1.99. The van der Waals surface area contributed by atoms with Crippen LogP contribution < -0.4 is 0 Å². The van der Waals surface area contributed by atoms with Gasteiger partial charge in [-0.15, -0.1) is 0 Å². The Hall–Kier alpha value is -1.35. The van der Waals surface area contributed by atoms with E-state index in [0.717, 1.165) is 25.0 Å². The van der Waals surface area contributed by atoms with E-state index in [4.69, 9.17) is 9.57 Å². The molecule has 0 N–H and O–H groups in total. The normalized spacial score (nSPS) is 13.1. The molecule has 0 aliphatic rings. The lowest BCUT2D eigenvalue weighted by Gasteiger charge is -2.15. The predicted octanol–water partition coefficient (Wildman–Crippen LogP) is 4.03. The third-order valence-electron chi connectivity index (χ3n) is 3.02. The average Bonchev–Trinajstić information content (AvgIpc) is 2.42. The van der Waals surface area contributed by atoms with Crippen molar-refractivity contribution in [3.05, 3.63) is 35.9 Å². The third-order valence-corrected chi connectivity index (χ3v) is 3.02. The molecule has 0 aromatic heterocycles. The van der Waals surface area contributed by atoms with Gasteiger partial charge in [0.05, 0.1) is 6.10 Å². The number of hydrogen-bond donors (Lipinski definition) is 0. The Labute approximate surface area is 116 Å². The molecule has 0 heterocycles. The molecule has 0 aliphatic heterocycles.